The highest BCUT2D eigenvalue weighted by atomic mass is 16.5. The zero-order valence-electron chi connectivity index (χ0n) is 8.42. The molecule has 0 aromatic heterocycles. The summed E-state index contributed by atoms with van der Waals surface area (Å²) in [6.07, 6.45) is 1.04. The molecule has 0 saturated carbocycles. The van der Waals surface area contributed by atoms with E-state index in [1.54, 1.807) is 0 Å². The molecule has 13 heavy (non-hydrogen) atoms. The fourth-order valence-corrected chi connectivity index (χ4v) is 1.79. The van der Waals surface area contributed by atoms with Crippen molar-refractivity contribution in [1.29, 1.82) is 0 Å². The number of rotatable bonds is 1. The van der Waals surface area contributed by atoms with E-state index in [-0.39, 0.29) is 11.6 Å². The molecule has 1 unspecified atom stereocenters. The summed E-state index contributed by atoms with van der Waals surface area (Å²) < 4.78 is 10.1. The van der Waals surface area contributed by atoms with Crippen LogP contribution < -0.4 is 5.73 Å². The third kappa shape index (κ3) is 2.19. The molecule has 2 N–H and O–H groups in total. The maximum atomic E-state index is 11.4. The largest absolute Gasteiger partial charge is 0.468 e. The number of nitrogens with two attached hydrogens (primary N) is 1. The third-order valence-electron chi connectivity index (χ3n) is 2.37. The molecule has 0 aliphatic carbocycles. The van der Waals surface area contributed by atoms with Gasteiger partial charge in [-0.3, -0.25) is 4.79 Å². The van der Waals surface area contributed by atoms with E-state index in [2.05, 4.69) is 4.74 Å². The highest BCUT2D eigenvalue weighted by Crippen LogP contribution is 2.30. The lowest BCUT2D eigenvalue weighted by molar-refractivity contribution is -0.158. The van der Waals surface area contributed by atoms with Crippen molar-refractivity contribution in [3.63, 3.8) is 0 Å². The second-order valence-electron chi connectivity index (χ2n) is 4.18. The van der Waals surface area contributed by atoms with Gasteiger partial charge in [0.1, 0.15) is 5.54 Å². The van der Waals surface area contributed by atoms with Crippen molar-refractivity contribution < 1.29 is 14.3 Å². The first-order valence-corrected chi connectivity index (χ1v) is 4.41. The van der Waals surface area contributed by atoms with Crippen molar-refractivity contribution >= 4 is 5.97 Å². The summed E-state index contributed by atoms with van der Waals surface area (Å²) in [6, 6.07) is 0. The summed E-state index contributed by atoms with van der Waals surface area (Å²) in [5.74, 6) is -0.344. The molecule has 1 atom stereocenters. The van der Waals surface area contributed by atoms with Crippen LogP contribution in [0.5, 0.6) is 0 Å². The Morgan fingerprint density at radius 3 is 2.62 bits per heavy atom. The lowest BCUT2D eigenvalue weighted by Gasteiger charge is -2.40. The normalized spacial score (nSPS) is 32.6. The first-order valence-electron chi connectivity index (χ1n) is 4.41. The van der Waals surface area contributed by atoms with E-state index >= 15 is 0 Å². The molecule has 0 aromatic carbocycles. The molecule has 1 aliphatic heterocycles. The third-order valence-corrected chi connectivity index (χ3v) is 2.37. The molecule has 1 aliphatic rings. The van der Waals surface area contributed by atoms with E-state index in [9.17, 15) is 4.79 Å². The van der Waals surface area contributed by atoms with E-state index in [0.29, 0.717) is 19.4 Å². The minimum atomic E-state index is -0.865. The molecule has 0 amide bonds. The quantitative estimate of drug-likeness (QED) is 0.605. The van der Waals surface area contributed by atoms with Gasteiger partial charge in [-0.15, -0.1) is 0 Å². The van der Waals surface area contributed by atoms with Crippen LogP contribution in [0.3, 0.4) is 0 Å². The Hall–Kier alpha value is -0.610. The van der Waals surface area contributed by atoms with Crippen molar-refractivity contribution in [2.45, 2.75) is 37.8 Å². The zero-order chi connectivity index (χ0) is 10.1. The predicted octanol–water partition coefficient (Wildman–Crippen LogP) is 0.446. The second-order valence-corrected chi connectivity index (χ2v) is 4.18. The number of carbonyl (C=O) groups excluding carboxylic acids is 1. The fourth-order valence-electron chi connectivity index (χ4n) is 1.79. The number of ether oxygens (including phenoxy) is 2. The van der Waals surface area contributed by atoms with Gasteiger partial charge < -0.3 is 15.2 Å². The van der Waals surface area contributed by atoms with E-state index in [0.717, 1.165) is 0 Å². The standard InChI is InChI=1S/C9H17NO3/c1-8(2)6-9(10,4-5-13-8)7(11)12-3/h4-6,10H2,1-3H3. The average molecular weight is 187 g/mol. The Balaban J connectivity index is 2.74. The fraction of sp³-hybridized carbons (Fsp3) is 0.889. The minimum absolute atomic E-state index is 0.332. The maximum absolute atomic E-state index is 11.4. The van der Waals surface area contributed by atoms with Crippen molar-refractivity contribution in [3.05, 3.63) is 0 Å². The van der Waals surface area contributed by atoms with Crippen LogP contribution in [0.25, 0.3) is 0 Å². The van der Waals surface area contributed by atoms with Crippen molar-refractivity contribution in [1.82, 2.24) is 0 Å². The number of hydrogen-bond acceptors (Lipinski definition) is 4. The first kappa shape index (κ1) is 10.5. The molecule has 0 aromatic rings. The Morgan fingerprint density at radius 2 is 2.15 bits per heavy atom. The van der Waals surface area contributed by atoms with Gasteiger partial charge in [-0.1, -0.05) is 0 Å². The number of methoxy groups -OCH3 is 1. The Labute approximate surface area is 78.4 Å². The summed E-state index contributed by atoms with van der Waals surface area (Å²) in [6.45, 7) is 4.37. The molecule has 0 spiro atoms. The van der Waals surface area contributed by atoms with Crippen LogP contribution in [0.4, 0.5) is 0 Å². The van der Waals surface area contributed by atoms with Crippen molar-refractivity contribution in [3.8, 4) is 0 Å². The summed E-state index contributed by atoms with van der Waals surface area (Å²) in [7, 11) is 1.36. The zero-order valence-corrected chi connectivity index (χ0v) is 8.42. The molecular formula is C9H17NO3. The maximum Gasteiger partial charge on any atom is 0.326 e. The second kappa shape index (κ2) is 3.27. The van der Waals surface area contributed by atoms with Gasteiger partial charge in [0.2, 0.25) is 0 Å². The number of esters is 1. The summed E-state index contributed by atoms with van der Waals surface area (Å²) in [4.78, 5) is 11.4. The van der Waals surface area contributed by atoms with Crippen LogP contribution in [0.2, 0.25) is 0 Å². The van der Waals surface area contributed by atoms with Crippen LogP contribution >= 0.6 is 0 Å². The molecule has 0 radical (unpaired) electrons. The van der Waals surface area contributed by atoms with Crippen LogP contribution in [0.1, 0.15) is 26.7 Å². The molecule has 1 heterocycles. The molecule has 76 valence electrons. The number of hydrogen-bond donors (Lipinski definition) is 1. The van der Waals surface area contributed by atoms with Crippen LogP contribution in [0.15, 0.2) is 0 Å². The van der Waals surface area contributed by atoms with E-state index in [4.69, 9.17) is 10.5 Å². The van der Waals surface area contributed by atoms with Gasteiger partial charge in [-0.2, -0.15) is 0 Å². The smallest absolute Gasteiger partial charge is 0.326 e. The van der Waals surface area contributed by atoms with Gasteiger partial charge in [0.15, 0.2) is 0 Å². The number of carbonyl (C=O) groups is 1. The summed E-state index contributed by atoms with van der Waals surface area (Å²) >= 11 is 0. The van der Waals surface area contributed by atoms with Crippen LogP contribution in [0, 0.1) is 0 Å². The molecule has 1 saturated heterocycles. The van der Waals surface area contributed by atoms with Crippen LogP contribution in [-0.2, 0) is 14.3 Å². The van der Waals surface area contributed by atoms with E-state index < -0.39 is 5.54 Å². The Morgan fingerprint density at radius 1 is 1.54 bits per heavy atom. The van der Waals surface area contributed by atoms with Gasteiger partial charge in [-0.25, -0.2) is 0 Å². The Kier molecular flexibility index (Phi) is 2.63. The van der Waals surface area contributed by atoms with Crippen molar-refractivity contribution in [2.75, 3.05) is 13.7 Å². The lowest BCUT2D eigenvalue weighted by atomic mass is 9.82. The molecule has 4 heteroatoms. The lowest BCUT2D eigenvalue weighted by Crippen LogP contribution is -2.57. The van der Waals surface area contributed by atoms with Gasteiger partial charge in [0, 0.05) is 13.0 Å². The highest BCUT2D eigenvalue weighted by Gasteiger charge is 2.44. The van der Waals surface area contributed by atoms with Gasteiger partial charge in [-0.05, 0) is 20.3 Å². The first-order chi connectivity index (χ1) is 5.90. The van der Waals surface area contributed by atoms with Gasteiger partial charge in [0.05, 0.1) is 12.7 Å². The predicted molar refractivity (Wildman–Crippen MR) is 48.2 cm³/mol. The minimum Gasteiger partial charge on any atom is -0.468 e. The Bertz CT molecular complexity index is 215. The molecule has 0 bridgehead atoms. The van der Waals surface area contributed by atoms with E-state index in [1.807, 2.05) is 13.8 Å². The monoisotopic (exact) mass is 187 g/mol. The molecular weight excluding hydrogens is 170 g/mol. The average Bonchev–Trinajstić information content (AvgIpc) is 2.00. The molecule has 4 nitrogen and oxygen atoms in total. The van der Waals surface area contributed by atoms with Crippen molar-refractivity contribution in [2.24, 2.45) is 5.73 Å². The summed E-state index contributed by atoms with van der Waals surface area (Å²) in [5, 5.41) is 0. The van der Waals surface area contributed by atoms with Gasteiger partial charge >= 0.3 is 5.97 Å². The topological polar surface area (TPSA) is 61.5 Å². The molecule has 1 fully saturated rings. The van der Waals surface area contributed by atoms with E-state index in [1.165, 1.54) is 7.11 Å². The molecule has 1 rings (SSSR count). The van der Waals surface area contributed by atoms with Gasteiger partial charge in [0.25, 0.3) is 0 Å². The summed E-state index contributed by atoms with van der Waals surface area (Å²) in [5.41, 5.74) is 4.74. The van der Waals surface area contributed by atoms with Crippen LogP contribution in [-0.4, -0.2) is 30.8 Å². The highest BCUT2D eigenvalue weighted by molar-refractivity contribution is 5.80. The SMILES string of the molecule is COC(=O)C1(N)CCOC(C)(C)C1.